The van der Waals surface area contributed by atoms with Crippen molar-refractivity contribution in [2.75, 3.05) is 6.79 Å². The molecule has 0 aromatic heterocycles. The van der Waals surface area contributed by atoms with Crippen molar-refractivity contribution >= 4 is 17.7 Å². The largest absolute Gasteiger partial charge is 0.504 e. The lowest BCUT2D eigenvalue weighted by molar-refractivity contribution is -0.155. The van der Waals surface area contributed by atoms with Crippen molar-refractivity contribution < 1.29 is 59.2 Å². The van der Waals surface area contributed by atoms with Gasteiger partial charge in [0, 0.05) is 5.57 Å². The van der Waals surface area contributed by atoms with Gasteiger partial charge in [0.25, 0.3) is 0 Å². The Morgan fingerprint density at radius 2 is 1.69 bits per heavy atom. The molecule has 5 rings (SSSR count). The standard InChI is InChI=1S/C31H38N2O12/c1-3-18(33-43-13-16-7-5-4-6-8-16)27-25(38)26(39)31(45-27)44-20-10-9-17(12-19(20)34)11-15(2)30(40)32-21-22(35)24(37)29-28(23(21)36)41-14-42-29/h4-12,21-29,31,34-39H,3,13-14H2,1-2H3,(H,32,40)/b15-11+,33-18?/t21?,22-,23+,24+,25-,26-,27+,28-,29+,31+/m0/s1. The number of carbonyl (C=O) groups excluding carboxylic acids is 1. The summed E-state index contributed by atoms with van der Waals surface area (Å²) in [6.45, 7) is 3.36. The highest BCUT2D eigenvalue weighted by molar-refractivity contribution is 5.97. The molecule has 45 heavy (non-hydrogen) atoms. The minimum Gasteiger partial charge on any atom is -0.504 e. The lowest BCUT2D eigenvalue weighted by Gasteiger charge is -2.41. The second kappa shape index (κ2) is 14.2. The van der Waals surface area contributed by atoms with Crippen LogP contribution in [0.15, 0.2) is 59.3 Å². The Kier molecular flexibility index (Phi) is 10.4. The van der Waals surface area contributed by atoms with Crippen LogP contribution in [0.25, 0.3) is 6.08 Å². The summed E-state index contributed by atoms with van der Waals surface area (Å²) in [5, 5.41) is 69.9. The predicted molar refractivity (Wildman–Crippen MR) is 157 cm³/mol. The number of aliphatic hydroxyl groups excluding tert-OH is 5. The Morgan fingerprint density at radius 1 is 0.978 bits per heavy atom. The number of amides is 1. The van der Waals surface area contributed by atoms with Crippen LogP contribution in [0.1, 0.15) is 31.4 Å². The summed E-state index contributed by atoms with van der Waals surface area (Å²) in [5.74, 6) is -1.00. The number of nitrogens with zero attached hydrogens (tertiary/aromatic N) is 1. The zero-order valence-corrected chi connectivity index (χ0v) is 24.7. The number of hydrogen-bond acceptors (Lipinski definition) is 13. The van der Waals surface area contributed by atoms with E-state index in [0.29, 0.717) is 17.7 Å². The Labute approximate surface area is 259 Å². The minimum atomic E-state index is -1.49. The highest BCUT2D eigenvalue weighted by atomic mass is 16.7. The highest BCUT2D eigenvalue weighted by Crippen LogP contribution is 2.33. The number of fused-ring (bicyclic) bond motifs is 1. The summed E-state index contributed by atoms with van der Waals surface area (Å²) in [4.78, 5) is 18.3. The van der Waals surface area contributed by atoms with Gasteiger partial charge in [0.05, 0.1) is 11.8 Å². The van der Waals surface area contributed by atoms with Gasteiger partial charge in [0.15, 0.2) is 11.5 Å². The molecular formula is C31H38N2O12. The Bertz CT molecular complexity index is 1390. The number of phenols is 1. The molecule has 3 aliphatic rings. The normalized spacial score (nSPS) is 33.5. The molecule has 0 bridgehead atoms. The van der Waals surface area contributed by atoms with Crippen molar-refractivity contribution in [2.24, 2.45) is 5.16 Å². The lowest BCUT2D eigenvalue weighted by Crippen LogP contribution is -2.67. The second-order valence-electron chi connectivity index (χ2n) is 11.1. The van der Waals surface area contributed by atoms with E-state index in [1.54, 1.807) is 13.0 Å². The summed E-state index contributed by atoms with van der Waals surface area (Å²) in [6, 6.07) is 12.5. The third-order valence-electron chi connectivity index (χ3n) is 8.04. The molecule has 3 fully saturated rings. The smallest absolute Gasteiger partial charge is 0.247 e. The molecule has 2 aromatic rings. The first-order valence-corrected chi connectivity index (χ1v) is 14.6. The fourth-order valence-electron chi connectivity index (χ4n) is 5.49. The average molecular weight is 631 g/mol. The summed E-state index contributed by atoms with van der Waals surface area (Å²) >= 11 is 0. The monoisotopic (exact) mass is 630 g/mol. The molecular weight excluding hydrogens is 592 g/mol. The molecule has 2 heterocycles. The summed E-state index contributed by atoms with van der Waals surface area (Å²) in [6.07, 6.45) is -9.31. The third kappa shape index (κ3) is 7.13. The van der Waals surface area contributed by atoms with E-state index in [1.165, 1.54) is 25.1 Å². The van der Waals surface area contributed by atoms with Crippen molar-refractivity contribution in [3.8, 4) is 11.5 Å². The Hall–Kier alpha value is -3.60. The van der Waals surface area contributed by atoms with Crippen molar-refractivity contribution in [1.29, 1.82) is 0 Å². The molecule has 2 saturated heterocycles. The first-order chi connectivity index (χ1) is 21.6. The first-order valence-electron chi connectivity index (χ1n) is 14.6. The van der Waals surface area contributed by atoms with Gasteiger partial charge in [-0.2, -0.15) is 0 Å². The predicted octanol–water partition coefficient (Wildman–Crippen LogP) is -0.0736. The van der Waals surface area contributed by atoms with E-state index in [0.717, 1.165) is 5.56 Å². The van der Waals surface area contributed by atoms with Gasteiger partial charge >= 0.3 is 0 Å². The highest BCUT2D eigenvalue weighted by Gasteiger charge is 2.53. The molecule has 0 spiro atoms. The van der Waals surface area contributed by atoms with Crippen LogP contribution in [0.3, 0.4) is 0 Å². The van der Waals surface area contributed by atoms with Gasteiger partial charge in [0.1, 0.15) is 62.2 Å². The molecule has 1 saturated carbocycles. The summed E-state index contributed by atoms with van der Waals surface area (Å²) in [5.41, 5.74) is 1.86. The van der Waals surface area contributed by atoms with Gasteiger partial charge in [0.2, 0.25) is 12.2 Å². The van der Waals surface area contributed by atoms with Crippen LogP contribution in [0.4, 0.5) is 0 Å². The number of hydrogen-bond donors (Lipinski definition) is 7. The third-order valence-corrected chi connectivity index (χ3v) is 8.04. The molecule has 14 nitrogen and oxygen atoms in total. The second-order valence-corrected chi connectivity index (χ2v) is 11.1. The molecule has 244 valence electrons. The van der Waals surface area contributed by atoms with E-state index < -0.39 is 67.1 Å². The van der Waals surface area contributed by atoms with Crippen molar-refractivity contribution in [1.82, 2.24) is 5.32 Å². The number of nitrogens with one attached hydrogen (secondary N) is 1. The van der Waals surface area contributed by atoms with Gasteiger partial charge in [-0.15, -0.1) is 0 Å². The van der Waals surface area contributed by atoms with Gasteiger partial charge in [-0.1, -0.05) is 48.5 Å². The number of carbonyl (C=O) groups is 1. The lowest BCUT2D eigenvalue weighted by atomic mass is 9.83. The van der Waals surface area contributed by atoms with Gasteiger partial charge in [-0.3, -0.25) is 4.79 Å². The number of rotatable bonds is 10. The van der Waals surface area contributed by atoms with Crippen LogP contribution in [-0.4, -0.2) is 110 Å². The molecule has 14 heteroatoms. The molecule has 1 amide bonds. The maximum Gasteiger partial charge on any atom is 0.247 e. The fourth-order valence-corrected chi connectivity index (χ4v) is 5.49. The summed E-state index contributed by atoms with van der Waals surface area (Å²) in [7, 11) is 0. The van der Waals surface area contributed by atoms with Crippen LogP contribution in [-0.2, 0) is 30.4 Å². The van der Waals surface area contributed by atoms with Crippen LogP contribution < -0.4 is 10.1 Å². The molecule has 7 N–H and O–H groups in total. The van der Waals surface area contributed by atoms with Gasteiger partial charge in [-0.05, 0) is 42.7 Å². The van der Waals surface area contributed by atoms with Crippen LogP contribution >= 0.6 is 0 Å². The molecule has 0 radical (unpaired) electrons. The van der Waals surface area contributed by atoms with E-state index in [-0.39, 0.29) is 30.5 Å². The fraction of sp³-hybridized carbons (Fsp3) is 0.484. The molecule has 2 aromatic carbocycles. The number of ether oxygens (including phenoxy) is 4. The summed E-state index contributed by atoms with van der Waals surface area (Å²) < 4.78 is 22.0. The van der Waals surface area contributed by atoms with Crippen molar-refractivity contribution in [3.63, 3.8) is 0 Å². The number of aromatic hydroxyl groups is 1. The quantitative estimate of drug-likeness (QED) is 0.105. The number of oxime groups is 1. The van der Waals surface area contributed by atoms with Crippen molar-refractivity contribution in [2.45, 2.75) is 88.0 Å². The van der Waals surface area contributed by atoms with Gasteiger partial charge < -0.3 is 59.7 Å². The number of benzene rings is 2. The van der Waals surface area contributed by atoms with Crippen LogP contribution in [0.2, 0.25) is 0 Å². The first kappa shape index (κ1) is 32.8. The molecule has 1 unspecified atom stereocenters. The number of phenolic OH excluding ortho intramolecular Hbond substituents is 1. The van der Waals surface area contributed by atoms with E-state index in [9.17, 15) is 35.4 Å². The zero-order valence-electron chi connectivity index (χ0n) is 24.7. The topological polar surface area (TPSA) is 209 Å². The van der Waals surface area contributed by atoms with Crippen LogP contribution in [0, 0.1) is 0 Å². The van der Waals surface area contributed by atoms with Crippen molar-refractivity contribution in [3.05, 3.63) is 65.2 Å². The molecule has 10 atom stereocenters. The number of aliphatic hydroxyl groups is 5. The Morgan fingerprint density at radius 3 is 2.38 bits per heavy atom. The zero-order chi connectivity index (χ0) is 32.2. The van der Waals surface area contributed by atoms with E-state index in [4.69, 9.17) is 23.8 Å². The maximum atomic E-state index is 12.9. The van der Waals surface area contributed by atoms with E-state index >= 15 is 0 Å². The maximum absolute atomic E-state index is 12.9. The van der Waals surface area contributed by atoms with Gasteiger partial charge in [-0.25, -0.2) is 0 Å². The SMILES string of the molecule is CCC(=NOCc1ccccc1)[C@H]1O[C@@H](Oc2ccc(/C=C(\C)C(=O)NC3[C@@H](O)[C@@H]4OCO[C@@H]4[C@H](O)[C@H]3O)cc2O)[C@@H](O)[C@@H]1O. The molecule has 1 aliphatic carbocycles. The Balaban J connectivity index is 1.20. The van der Waals surface area contributed by atoms with E-state index in [2.05, 4.69) is 10.5 Å². The molecule has 2 aliphatic heterocycles. The average Bonchev–Trinajstić information content (AvgIpc) is 3.63. The minimum absolute atomic E-state index is 0.0442. The van der Waals surface area contributed by atoms with Crippen LogP contribution in [0.5, 0.6) is 11.5 Å². The van der Waals surface area contributed by atoms with E-state index in [1.807, 2.05) is 30.3 Å².